The predicted molar refractivity (Wildman–Crippen MR) is 109 cm³/mol. The van der Waals surface area contributed by atoms with Crippen LogP contribution in [0.1, 0.15) is 25.0 Å². The number of halogens is 1. The van der Waals surface area contributed by atoms with Crippen molar-refractivity contribution >= 4 is 33.2 Å². The van der Waals surface area contributed by atoms with Gasteiger partial charge in [-0.3, -0.25) is 9.52 Å². The molecule has 3 rings (SSSR count). The molecule has 0 saturated heterocycles. The first-order chi connectivity index (χ1) is 13.2. The van der Waals surface area contributed by atoms with Crippen molar-refractivity contribution in [2.45, 2.75) is 31.7 Å². The second-order valence-corrected chi connectivity index (χ2v) is 9.14. The van der Waals surface area contributed by atoms with Crippen molar-refractivity contribution in [2.75, 3.05) is 18.4 Å². The maximum atomic E-state index is 12.8. The molecule has 2 aromatic rings. The van der Waals surface area contributed by atoms with Crippen LogP contribution in [0.4, 0.5) is 5.69 Å². The predicted octanol–water partition coefficient (Wildman–Crippen LogP) is 3.69. The molecule has 0 aromatic heterocycles. The highest BCUT2D eigenvalue weighted by Gasteiger charge is 2.24. The number of hydrogen-bond donors (Lipinski definition) is 1. The van der Waals surface area contributed by atoms with E-state index in [0.717, 1.165) is 17.5 Å². The first-order valence-corrected chi connectivity index (χ1v) is 10.8. The average molecular weight is 423 g/mol. The van der Waals surface area contributed by atoms with Crippen LogP contribution in [0.25, 0.3) is 0 Å². The molecule has 150 valence electrons. The van der Waals surface area contributed by atoms with E-state index in [1.54, 1.807) is 18.2 Å². The second kappa shape index (κ2) is 8.01. The van der Waals surface area contributed by atoms with Crippen LogP contribution >= 0.6 is 11.6 Å². The summed E-state index contributed by atoms with van der Waals surface area (Å²) < 4.78 is 33.4. The molecule has 0 fully saturated rings. The first kappa shape index (κ1) is 20.5. The maximum absolute atomic E-state index is 12.8. The number of hydrogen-bond acceptors (Lipinski definition) is 4. The van der Waals surface area contributed by atoms with E-state index in [4.69, 9.17) is 16.3 Å². The van der Waals surface area contributed by atoms with E-state index in [-0.39, 0.29) is 22.5 Å². The van der Waals surface area contributed by atoms with Gasteiger partial charge in [-0.15, -0.1) is 0 Å². The maximum Gasteiger partial charge on any atom is 0.265 e. The third-order valence-corrected chi connectivity index (χ3v) is 6.33. The fourth-order valence-electron chi connectivity index (χ4n) is 3.24. The van der Waals surface area contributed by atoms with E-state index >= 15 is 0 Å². The van der Waals surface area contributed by atoms with Crippen molar-refractivity contribution in [1.82, 2.24) is 4.90 Å². The SMILES string of the molecule is COc1ccc(Cl)cc1S(=O)(=O)Nc1ccc2c(c1)CN(C(=O)C(C)C)CC2. The summed E-state index contributed by atoms with van der Waals surface area (Å²) >= 11 is 5.96. The van der Waals surface area contributed by atoms with Crippen LogP contribution in [0, 0.1) is 5.92 Å². The van der Waals surface area contributed by atoms with Crippen LogP contribution in [-0.4, -0.2) is 32.9 Å². The van der Waals surface area contributed by atoms with Gasteiger partial charge in [0.25, 0.3) is 10.0 Å². The number of nitrogens with one attached hydrogen (secondary N) is 1. The molecule has 0 atom stereocenters. The fraction of sp³-hybridized carbons (Fsp3) is 0.350. The van der Waals surface area contributed by atoms with Crippen LogP contribution in [0.5, 0.6) is 5.75 Å². The average Bonchev–Trinajstić information content (AvgIpc) is 2.66. The van der Waals surface area contributed by atoms with Crippen molar-refractivity contribution in [2.24, 2.45) is 5.92 Å². The molecular formula is C20H23ClN2O4S. The van der Waals surface area contributed by atoms with E-state index in [1.165, 1.54) is 19.2 Å². The normalized spacial score (nSPS) is 14.0. The minimum absolute atomic E-state index is 0.0307. The summed E-state index contributed by atoms with van der Waals surface area (Å²) in [5.74, 6) is 0.238. The quantitative estimate of drug-likeness (QED) is 0.797. The van der Waals surface area contributed by atoms with Crippen molar-refractivity contribution in [3.05, 3.63) is 52.5 Å². The largest absolute Gasteiger partial charge is 0.495 e. The number of ether oxygens (including phenoxy) is 1. The molecule has 0 saturated carbocycles. The summed E-state index contributed by atoms with van der Waals surface area (Å²) in [6, 6.07) is 9.85. The van der Waals surface area contributed by atoms with Gasteiger partial charge < -0.3 is 9.64 Å². The molecule has 0 radical (unpaired) electrons. The van der Waals surface area contributed by atoms with Crippen LogP contribution in [0.2, 0.25) is 5.02 Å². The van der Waals surface area contributed by atoms with Gasteiger partial charge in [-0.1, -0.05) is 31.5 Å². The van der Waals surface area contributed by atoms with Crippen molar-refractivity contribution in [3.8, 4) is 5.75 Å². The number of anilines is 1. The summed E-state index contributed by atoms with van der Waals surface area (Å²) in [6.07, 6.45) is 0.753. The number of carbonyl (C=O) groups excluding carboxylic acids is 1. The van der Waals surface area contributed by atoms with Gasteiger partial charge in [0.1, 0.15) is 10.6 Å². The topological polar surface area (TPSA) is 75.7 Å². The smallest absolute Gasteiger partial charge is 0.265 e. The van der Waals surface area contributed by atoms with E-state index in [2.05, 4.69) is 4.72 Å². The molecule has 1 aliphatic heterocycles. The number of amides is 1. The molecule has 0 aliphatic carbocycles. The highest BCUT2D eigenvalue weighted by Crippen LogP contribution is 2.30. The Balaban J connectivity index is 1.87. The van der Waals surface area contributed by atoms with E-state index < -0.39 is 10.0 Å². The summed E-state index contributed by atoms with van der Waals surface area (Å²) in [7, 11) is -2.48. The lowest BCUT2D eigenvalue weighted by atomic mass is 9.98. The molecule has 1 heterocycles. The Bertz CT molecular complexity index is 1010. The van der Waals surface area contributed by atoms with Crippen LogP contribution in [0.15, 0.2) is 41.3 Å². The molecule has 0 unspecified atom stereocenters. The third kappa shape index (κ3) is 4.25. The zero-order valence-corrected chi connectivity index (χ0v) is 17.6. The zero-order valence-electron chi connectivity index (χ0n) is 16.0. The first-order valence-electron chi connectivity index (χ1n) is 8.98. The Morgan fingerprint density at radius 3 is 2.61 bits per heavy atom. The number of fused-ring (bicyclic) bond motifs is 1. The number of rotatable bonds is 5. The molecule has 8 heteroatoms. The third-order valence-electron chi connectivity index (χ3n) is 4.69. The summed E-state index contributed by atoms with van der Waals surface area (Å²) in [5, 5.41) is 0.300. The van der Waals surface area contributed by atoms with E-state index in [1.807, 2.05) is 24.8 Å². The Kier molecular flexibility index (Phi) is 5.86. The monoisotopic (exact) mass is 422 g/mol. The zero-order chi connectivity index (χ0) is 20.5. The summed E-state index contributed by atoms with van der Waals surface area (Å²) in [4.78, 5) is 14.1. The van der Waals surface area contributed by atoms with Crippen LogP contribution < -0.4 is 9.46 Å². The van der Waals surface area contributed by atoms with E-state index in [0.29, 0.717) is 23.8 Å². The standard InChI is InChI=1S/C20H23ClN2O4S/c1-13(2)20(24)23-9-8-14-4-6-17(10-15(14)12-23)22-28(25,26)19-11-16(21)5-7-18(19)27-3/h4-7,10-11,13,22H,8-9,12H2,1-3H3. The van der Waals surface area contributed by atoms with Gasteiger partial charge in [0.15, 0.2) is 0 Å². The molecule has 1 amide bonds. The van der Waals surface area contributed by atoms with Gasteiger partial charge in [-0.05, 0) is 47.9 Å². The highest BCUT2D eigenvalue weighted by molar-refractivity contribution is 7.92. The number of carbonyl (C=O) groups is 1. The minimum atomic E-state index is -3.89. The summed E-state index contributed by atoms with van der Waals surface area (Å²) in [5.41, 5.74) is 2.49. The Morgan fingerprint density at radius 1 is 1.18 bits per heavy atom. The minimum Gasteiger partial charge on any atom is -0.495 e. The molecule has 1 aliphatic rings. The van der Waals surface area contributed by atoms with Gasteiger partial charge in [0.05, 0.1) is 7.11 Å². The van der Waals surface area contributed by atoms with Gasteiger partial charge in [0, 0.05) is 29.7 Å². The second-order valence-electron chi connectivity index (χ2n) is 7.05. The molecule has 0 bridgehead atoms. The lowest BCUT2D eigenvalue weighted by Crippen LogP contribution is -2.38. The molecular weight excluding hydrogens is 400 g/mol. The number of sulfonamides is 1. The molecule has 1 N–H and O–H groups in total. The van der Waals surface area contributed by atoms with Crippen molar-refractivity contribution < 1.29 is 17.9 Å². The van der Waals surface area contributed by atoms with E-state index in [9.17, 15) is 13.2 Å². The molecule has 6 nitrogen and oxygen atoms in total. The van der Waals surface area contributed by atoms with Gasteiger partial charge in [-0.25, -0.2) is 8.42 Å². The molecule has 28 heavy (non-hydrogen) atoms. The molecule has 2 aromatic carbocycles. The fourth-order valence-corrected chi connectivity index (χ4v) is 4.73. The van der Waals surface area contributed by atoms with Crippen molar-refractivity contribution in [1.29, 1.82) is 0 Å². The van der Waals surface area contributed by atoms with Gasteiger partial charge >= 0.3 is 0 Å². The Hall–Kier alpha value is -2.25. The Labute approximate surface area is 170 Å². The molecule has 0 spiro atoms. The van der Waals surface area contributed by atoms with Crippen molar-refractivity contribution in [3.63, 3.8) is 0 Å². The number of nitrogens with zero attached hydrogens (tertiary/aromatic N) is 1. The van der Waals surface area contributed by atoms with Gasteiger partial charge in [-0.2, -0.15) is 0 Å². The highest BCUT2D eigenvalue weighted by atomic mass is 35.5. The van der Waals surface area contributed by atoms with Gasteiger partial charge in [0.2, 0.25) is 5.91 Å². The lowest BCUT2D eigenvalue weighted by molar-refractivity contribution is -0.135. The number of benzene rings is 2. The summed E-state index contributed by atoms with van der Waals surface area (Å²) in [6.45, 7) is 4.90. The Morgan fingerprint density at radius 2 is 1.93 bits per heavy atom. The number of methoxy groups -OCH3 is 1. The van der Waals surface area contributed by atoms with Crippen LogP contribution in [0.3, 0.4) is 0 Å². The van der Waals surface area contributed by atoms with Crippen LogP contribution in [-0.2, 0) is 27.8 Å². The lowest BCUT2D eigenvalue weighted by Gasteiger charge is -2.30.